The van der Waals surface area contributed by atoms with Crippen LogP contribution in [0.15, 0.2) is 78.9 Å². The molecule has 0 amide bonds. The van der Waals surface area contributed by atoms with Gasteiger partial charge in [-0.05, 0) is 41.2 Å². The summed E-state index contributed by atoms with van der Waals surface area (Å²) in [5, 5.41) is 0. The van der Waals surface area contributed by atoms with Crippen molar-refractivity contribution in [2.75, 3.05) is 0 Å². The van der Waals surface area contributed by atoms with E-state index in [2.05, 4.69) is 0 Å². The van der Waals surface area contributed by atoms with Crippen LogP contribution >= 0.6 is 0 Å². The number of hydrogen-bond donors (Lipinski definition) is 0. The topological polar surface area (TPSA) is 0 Å². The van der Waals surface area contributed by atoms with Crippen molar-refractivity contribution in [2.24, 2.45) is 0 Å². The molecule has 0 heterocycles. The number of benzene rings is 3. The Labute approximate surface area is 139 Å². The maximum absolute atomic E-state index is 13.1. The Bertz CT molecular complexity index is 805. The summed E-state index contributed by atoms with van der Waals surface area (Å²) in [7, 11) is 0. The largest absolute Gasteiger partial charge is 0.416 e. The molecule has 0 nitrogen and oxygen atoms in total. The monoisotopic (exact) mass is 326 g/mol. The van der Waals surface area contributed by atoms with Crippen molar-refractivity contribution in [1.82, 2.24) is 0 Å². The van der Waals surface area contributed by atoms with Crippen molar-refractivity contribution < 1.29 is 13.2 Å². The fourth-order valence-electron chi connectivity index (χ4n) is 2.92. The van der Waals surface area contributed by atoms with Crippen LogP contribution in [-0.2, 0) is 19.0 Å². The Morgan fingerprint density at radius 1 is 0.583 bits per heavy atom. The summed E-state index contributed by atoms with van der Waals surface area (Å²) < 4.78 is 39.4. The van der Waals surface area contributed by atoms with E-state index in [-0.39, 0.29) is 0 Å². The summed E-state index contributed by atoms with van der Waals surface area (Å²) in [5.74, 6) is 0. The molecular weight excluding hydrogens is 309 g/mol. The molecule has 0 aromatic heterocycles. The van der Waals surface area contributed by atoms with Crippen LogP contribution in [0.4, 0.5) is 13.2 Å². The predicted molar refractivity (Wildman–Crippen MR) is 90.7 cm³/mol. The van der Waals surface area contributed by atoms with Crippen LogP contribution in [0.1, 0.15) is 16.7 Å². The van der Waals surface area contributed by atoms with Gasteiger partial charge in [-0.1, -0.05) is 72.8 Å². The average molecular weight is 326 g/mol. The fraction of sp³-hybridized carbons (Fsp3) is 0.143. The van der Waals surface area contributed by atoms with Crippen molar-refractivity contribution >= 4 is 0 Å². The lowest BCUT2D eigenvalue weighted by Gasteiger charge is -2.14. The van der Waals surface area contributed by atoms with E-state index in [1.54, 1.807) is 12.1 Å². The Morgan fingerprint density at radius 2 is 1.12 bits per heavy atom. The first-order valence-corrected chi connectivity index (χ1v) is 7.84. The number of hydrogen-bond acceptors (Lipinski definition) is 0. The van der Waals surface area contributed by atoms with E-state index in [1.165, 1.54) is 6.07 Å². The lowest BCUT2D eigenvalue weighted by Crippen LogP contribution is -2.09. The van der Waals surface area contributed by atoms with Gasteiger partial charge in [-0.3, -0.25) is 0 Å². The second-order valence-corrected chi connectivity index (χ2v) is 5.68. The van der Waals surface area contributed by atoms with Gasteiger partial charge < -0.3 is 0 Å². The molecule has 3 aromatic rings. The standard InChI is InChI=1S/C21H17F3/c22-21(23,24)20-13-7-5-11-18(20)15-14-17-10-4-6-12-19(17)16-8-2-1-3-9-16/h1-13H,14-15H2. The van der Waals surface area contributed by atoms with E-state index in [0.717, 1.165) is 22.8 Å². The molecule has 0 aliphatic carbocycles. The van der Waals surface area contributed by atoms with E-state index in [4.69, 9.17) is 0 Å². The smallest absolute Gasteiger partial charge is 0.166 e. The van der Waals surface area contributed by atoms with Gasteiger partial charge >= 0.3 is 6.18 Å². The molecule has 0 atom stereocenters. The minimum absolute atomic E-state index is 0.341. The van der Waals surface area contributed by atoms with Gasteiger partial charge in [-0.2, -0.15) is 13.2 Å². The molecular formula is C21H17F3. The molecule has 3 rings (SSSR count). The third-order valence-electron chi connectivity index (χ3n) is 4.09. The Morgan fingerprint density at radius 3 is 1.83 bits per heavy atom. The summed E-state index contributed by atoms with van der Waals surface area (Å²) in [6.45, 7) is 0. The molecule has 122 valence electrons. The summed E-state index contributed by atoms with van der Waals surface area (Å²) in [6.07, 6.45) is -3.38. The third-order valence-corrected chi connectivity index (χ3v) is 4.09. The molecule has 0 aliphatic rings. The summed E-state index contributed by atoms with van der Waals surface area (Å²) in [5.41, 5.74) is 3.01. The number of aryl methyl sites for hydroxylation is 2. The predicted octanol–water partition coefficient (Wildman–Crippen LogP) is 6.16. The van der Waals surface area contributed by atoms with Crippen LogP contribution in [0, 0.1) is 0 Å². The maximum atomic E-state index is 13.1. The summed E-state index contributed by atoms with van der Waals surface area (Å²) in [6, 6.07) is 23.6. The van der Waals surface area contributed by atoms with Crippen molar-refractivity contribution in [2.45, 2.75) is 19.0 Å². The lowest BCUT2D eigenvalue weighted by atomic mass is 9.94. The number of rotatable bonds is 4. The second kappa shape index (κ2) is 6.91. The molecule has 24 heavy (non-hydrogen) atoms. The molecule has 0 saturated heterocycles. The maximum Gasteiger partial charge on any atom is 0.416 e. The molecule has 0 aliphatic heterocycles. The minimum atomic E-state index is -4.31. The zero-order chi connectivity index (χ0) is 17.0. The van der Waals surface area contributed by atoms with Gasteiger partial charge in [-0.15, -0.1) is 0 Å². The quantitative estimate of drug-likeness (QED) is 0.539. The van der Waals surface area contributed by atoms with Gasteiger partial charge in [0.05, 0.1) is 5.56 Å². The van der Waals surface area contributed by atoms with Crippen LogP contribution in [0.25, 0.3) is 11.1 Å². The van der Waals surface area contributed by atoms with Crippen LogP contribution in [0.5, 0.6) is 0 Å². The van der Waals surface area contributed by atoms with Gasteiger partial charge in [-0.25, -0.2) is 0 Å². The van der Waals surface area contributed by atoms with E-state index < -0.39 is 11.7 Å². The molecule has 0 N–H and O–H groups in total. The summed E-state index contributed by atoms with van der Waals surface area (Å²) >= 11 is 0. The highest BCUT2D eigenvalue weighted by Crippen LogP contribution is 2.33. The number of alkyl halides is 3. The van der Waals surface area contributed by atoms with E-state index >= 15 is 0 Å². The molecule has 0 radical (unpaired) electrons. The van der Waals surface area contributed by atoms with Gasteiger partial charge in [0.1, 0.15) is 0 Å². The molecule has 0 bridgehead atoms. The average Bonchev–Trinajstić information content (AvgIpc) is 2.60. The first-order valence-electron chi connectivity index (χ1n) is 7.84. The zero-order valence-electron chi connectivity index (χ0n) is 13.1. The van der Waals surface area contributed by atoms with Gasteiger partial charge in [0.2, 0.25) is 0 Å². The Kier molecular flexibility index (Phi) is 4.70. The zero-order valence-corrected chi connectivity index (χ0v) is 13.1. The Hall–Kier alpha value is -2.55. The molecule has 3 heteroatoms. The first-order chi connectivity index (χ1) is 11.6. The van der Waals surface area contributed by atoms with E-state index in [1.807, 2.05) is 54.6 Å². The van der Waals surface area contributed by atoms with Crippen LogP contribution < -0.4 is 0 Å². The third kappa shape index (κ3) is 3.67. The highest BCUT2D eigenvalue weighted by atomic mass is 19.4. The van der Waals surface area contributed by atoms with Crippen molar-refractivity contribution in [3.8, 4) is 11.1 Å². The van der Waals surface area contributed by atoms with Gasteiger partial charge in [0.25, 0.3) is 0 Å². The van der Waals surface area contributed by atoms with E-state index in [9.17, 15) is 13.2 Å². The molecule has 3 aromatic carbocycles. The number of halogens is 3. The highest BCUT2D eigenvalue weighted by Gasteiger charge is 2.32. The fourth-order valence-corrected chi connectivity index (χ4v) is 2.92. The van der Waals surface area contributed by atoms with Crippen LogP contribution in [0.3, 0.4) is 0 Å². The molecule has 0 saturated carbocycles. The minimum Gasteiger partial charge on any atom is -0.166 e. The van der Waals surface area contributed by atoms with Gasteiger partial charge in [0, 0.05) is 0 Å². The van der Waals surface area contributed by atoms with Crippen molar-refractivity contribution in [1.29, 1.82) is 0 Å². The van der Waals surface area contributed by atoms with E-state index in [0.29, 0.717) is 18.4 Å². The van der Waals surface area contributed by atoms with Crippen LogP contribution in [0.2, 0.25) is 0 Å². The summed E-state index contributed by atoms with van der Waals surface area (Å²) in [4.78, 5) is 0. The van der Waals surface area contributed by atoms with Gasteiger partial charge in [0.15, 0.2) is 0 Å². The molecule has 0 spiro atoms. The SMILES string of the molecule is FC(F)(F)c1ccccc1CCc1ccccc1-c1ccccc1. The highest BCUT2D eigenvalue weighted by molar-refractivity contribution is 5.67. The second-order valence-electron chi connectivity index (χ2n) is 5.68. The van der Waals surface area contributed by atoms with Crippen molar-refractivity contribution in [3.63, 3.8) is 0 Å². The van der Waals surface area contributed by atoms with Crippen LogP contribution in [-0.4, -0.2) is 0 Å². The molecule has 0 unspecified atom stereocenters. The normalized spacial score (nSPS) is 11.5. The van der Waals surface area contributed by atoms with Crippen molar-refractivity contribution in [3.05, 3.63) is 95.6 Å². The molecule has 0 fully saturated rings. The lowest BCUT2D eigenvalue weighted by molar-refractivity contribution is -0.138. The Balaban J connectivity index is 1.87. The first kappa shape index (κ1) is 16.3.